The first-order chi connectivity index (χ1) is 9.28. The second-order valence-electron chi connectivity index (χ2n) is 4.53. The van der Waals surface area contributed by atoms with Crippen LogP contribution in [0.1, 0.15) is 24.4 Å². The summed E-state index contributed by atoms with van der Waals surface area (Å²) < 4.78 is 15.1. The lowest BCUT2D eigenvalue weighted by molar-refractivity contribution is 0.565. The molecule has 1 fully saturated rings. The number of nitrogens with zero attached hydrogens (tertiary/aromatic N) is 4. The van der Waals surface area contributed by atoms with E-state index in [1.807, 2.05) is 4.68 Å². The molecule has 1 aliphatic carbocycles. The maximum Gasteiger partial charge on any atom is 0.214 e. The van der Waals surface area contributed by atoms with Crippen LogP contribution >= 0.6 is 11.8 Å². The van der Waals surface area contributed by atoms with Crippen LogP contribution in [0, 0.1) is 5.82 Å². The summed E-state index contributed by atoms with van der Waals surface area (Å²) in [5.41, 5.74) is 6.46. The van der Waals surface area contributed by atoms with Crippen LogP contribution in [0.25, 0.3) is 0 Å². The number of hydrogen-bond acceptors (Lipinski definition) is 5. The van der Waals surface area contributed by atoms with E-state index < -0.39 is 0 Å². The number of halogens is 1. The van der Waals surface area contributed by atoms with Gasteiger partial charge < -0.3 is 5.73 Å². The first-order valence-corrected chi connectivity index (χ1v) is 7.04. The molecule has 0 unspecified atom stereocenters. The summed E-state index contributed by atoms with van der Waals surface area (Å²) in [6, 6.07) is 5.17. The molecular formula is C12H14FN5S. The van der Waals surface area contributed by atoms with E-state index in [0.29, 0.717) is 19.0 Å². The predicted octanol–water partition coefficient (Wildman–Crippen LogP) is 1.80. The molecule has 0 bridgehead atoms. The smallest absolute Gasteiger partial charge is 0.214 e. The SMILES string of the molecule is NCCc1cc(F)ccc1Sc1nnnn1C1CC1. The van der Waals surface area contributed by atoms with Gasteiger partial charge in [0.15, 0.2) is 0 Å². The second-order valence-corrected chi connectivity index (χ2v) is 5.54. The van der Waals surface area contributed by atoms with Crippen LogP contribution in [0.4, 0.5) is 4.39 Å². The molecule has 0 saturated heterocycles. The molecule has 3 rings (SSSR count). The van der Waals surface area contributed by atoms with Gasteiger partial charge in [0.1, 0.15) is 5.82 Å². The molecule has 2 N–H and O–H groups in total. The standard InChI is InChI=1S/C12H14FN5S/c13-9-1-4-11(8(7-9)5-6-14)19-12-15-16-17-18(12)10-2-3-10/h1,4,7,10H,2-3,5-6,14H2. The van der Waals surface area contributed by atoms with Gasteiger partial charge in [-0.15, -0.1) is 5.10 Å². The summed E-state index contributed by atoms with van der Waals surface area (Å²) in [6.45, 7) is 0.491. The Morgan fingerprint density at radius 2 is 2.26 bits per heavy atom. The van der Waals surface area contributed by atoms with E-state index in [4.69, 9.17) is 5.73 Å². The van der Waals surface area contributed by atoms with Crippen molar-refractivity contribution in [3.8, 4) is 0 Å². The summed E-state index contributed by atoms with van der Waals surface area (Å²) in [7, 11) is 0. The average Bonchev–Trinajstić information content (AvgIpc) is 3.14. The number of hydrogen-bond donors (Lipinski definition) is 1. The fourth-order valence-corrected chi connectivity index (χ4v) is 2.88. The van der Waals surface area contributed by atoms with Crippen LogP contribution in [0.3, 0.4) is 0 Å². The van der Waals surface area contributed by atoms with E-state index in [0.717, 1.165) is 28.5 Å². The van der Waals surface area contributed by atoms with Gasteiger partial charge in [0.05, 0.1) is 6.04 Å². The molecular weight excluding hydrogens is 265 g/mol. The van der Waals surface area contributed by atoms with Gasteiger partial charge in [-0.25, -0.2) is 9.07 Å². The Bertz CT molecular complexity index is 581. The van der Waals surface area contributed by atoms with Crippen LogP contribution in [-0.4, -0.2) is 26.8 Å². The molecule has 0 atom stereocenters. The minimum absolute atomic E-state index is 0.241. The van der Waals surface area contributed by atoms with Crippen molar-refractivity contribution in [2.75, 3.05) is 6.54 Å². The lowest BCUT2D eigenvalue weighted by atomic mass is 10.1. The molecule has 1 aromatic carbocycles. The van der Waals surface area contributed by atoms with Gasteiger partial charge in [-0.05, 0) is 71.8 Å². The normalized spacial score (nSPS) is 14.8. The Labute approximate surface area is 114 Å². The molecule has 0 spiro atoms. The zero-order chi connectivity index (χ0) is 13.2. The van der Waals surface area contributed by atoms with E-state index in [1.165, 1.54) is 23.9 Å². The lowest BCUT2D eigenvalue weighted by Crippen LogP contribution is -2.05. The van der Waals surface area contributed by atoms with Crippen LogP contribution in [-0.2, 0) is 6.42 Å². The van der Waals surface area contributed by atoms with Gasteiger partial charge in [0.25, 0.3) is 0 Å². The summed E-state index contributed by atoms with van der Waals surface area (Å²) >= 11 is 1.47. The highest BCUT2D eigenvalue weighted by atomic mass is 32.2. The molecule has 1 heterocycles. The molecule has 100 valence electrons. The fourth-order valence-electron chi connectivity index (χ4n) is 1.90. The predicted molar refractivity (Wildman–Crippen MR) is 69.4 cm³/mol. The van der Waals surface area contributed by atoms with E-state index in [-0.39, 0.29) is 5.82 Å². The van der Waals surface area contributed by atoms with E-state index in [9.17, 15) is 4.39 Å². The number of benzene rings is 1. The van der Waals surface area contributed by atoms with Crippen molar-refractivity contribution >= 4 is 11.8 Å². The first-order valence-electron chi connectivity index (χ1n) is 6.22. The second kappa shape index (κ2) is 5.26. The van der Waals surface area contributed by atoms with Gasteiger partial charge in [-0.1, -0.05) is 0 Å². The van der Waals surface area contributed by atoms with Gasteiger partial charge in [0.2, 0.25) is 5.16 Å². The van der Waals surface area contributed by atoms with Crippen molar-refractivity contribution in [3.63, 3.8) is 0 Å². The molecule has 0 amide bonds. The number of aromatic nitrogens is 4. The zero-order valence-corrected chi connectivity index (χ0v) is 11.1. The highest BCUT2D eigenvalue weighted by molar-refractivity contribution is 7.99. The fraction of sp³-hybridized carbons (Fsp3) is 0.417. The van der Waals surface area contributed by atoms with Crippen LogP contribution in [0.15, 0.2) is 28.3 Å². The minimum atomic E-state index is -0.241. The Kier molecular flexibility index (Phi) is 3.48. The molecule has 2 aromatic rings. The third kappa shape index (κ3) is 2.76. The quantitative estimate of drug-likeness (QED) is 0.903. The maximum absolute atomic E-state index is 13.3. The third-order valence-corrected chi connectivity index (χ3v) is 4.06. The Balaban J connectivity index is 1.87. The topological polar surface area (TPSA) is 69.6 Å². The maximum atomic E-state index is 13.3. The molecule has 1 aromatic heterocycles. The number of nitrogens with two attached hydrogens (primary N) is 1. The molecule has 7 heteroatoms. The number of rotatable bonds is 5. The van der Waals surface area contributed by atoms with Crippen molar-refractivity contribution in [1.29, 1.82) is 0 Å². The third-order valence-electron chi connectivity index (χ3n) is 2.99. The zero-order valence-electron chi connectivity index (χ0n) is 10.3. The van der Waals surface area contributed by atoms with Crippen LogP contribution < -0.4 is 5.73 Å². The summed E-state index contributed by atoms with van der Waals surface area (Å²) in [5.74, 6) is -0.241. The Hall–Kier alpha value is -1.47. The molecule has 19 heavy (non-hydrogen) atoms. The van der Waals surface area contributed by atoms with Crippen molar-refractivity contribution in [2.24, 2.45) is 5.73 Å². The van der Waals surface area contributed by atoms with Gasteiger partial charge in [-0.3, -0.25) is 0 Å². The summed E-state index contributed by atoms with van der Waals surface area (Å²) in [6.07, 6.45) is 2.89. The van der Waals surface area contributed by atoms with Crippen molar-refractivity contribution in [2.45, 2.75) is 35.4 Å². The van der Waals surface area contributed by atoms with Crippen molar-refractivity contribution < 1.29 is 4.39 Å². The van der Waals surface area contributed by atoms with E-state index in [2.05, 4.69) is 15.5 Å². The highest BCUT2D eigenvalue weighted by Crippen LogP contribution is 2.38. The van der Waals surface area contributed by atoms with Gasteiger partial charge in [-0.2, -0.15) is 0 Å². The lowest BCUT2D eigenvalue weighted by Gasteiger charge is -2.08. The van der Waals surface area contributed by atoms with Crippen LogP contribution in [0.5, 0.6) is 0 Å². The first kappa shape index (κ1) is 12.6. The van der Waals surface area contributed by atoms with Crippen LogP contribution in [0.2, 0.25) is 0 Å². The highest BCUT2D eigenvalue weighted by Gasteiger charge is 2.28. The van der Waals surface area contributed by atoms with E-state index in [1.54, 1.807) is 6.07 Å². The molecule has 0 radical (unpaired) electrons. The molecule has 0 aliphatic heterocycles. The average molecular weight is 279 g/mol. The Morgan fingerprint density at radius 3 is 3.00 bits per heavy atom. The largest absolute Gasteiger partial charge is 0.330 e. The number of tetrazole rings is 1. The molecule has 1 aliphatic rings. The van der Waals surface area contributed by atoms with Crippen molar-refractivity contribution in [1.82, 2.24) is 20.2 Å². The van der Waals surface area contributed by atoms with Gasteiger partial charge >= 0.3 is 0 Å². The van der Waals surface area contributed by atoms with E-state index >= 15 is 0 Å². The summed E-state index contributed by atoms with van der Waals surface area (Å²) in [5, 5.41) is 12.5. The minimum Gasteiger partial charge on any atom is -0.330 e. The molecule has 1 saturated carbocycles. The van der Waals surface area contributed by atoms with Gasteiger partial charge in [0, 0.05) is 4.90 Å². The monoisotopic (exact) mass is 279 g/mol. The Morgan fingerprint density at radius 1 is 1.42 bits per heavy atom. The van der Waals surface area contributed by atoms with Crippen molar-refractivity contribution in [3.05, 3.63) is 29.6 Å². The molecule has 5 nitrogen and oxygen atoms in total. The summed E-state index contributed by atoms with van der Waals surface area (Å²) in [4.78, 5) is 0.962.